The van der Waals surface area contributed by atoms with Crippen LogP contribution in [0.3, 0.4) is 0 Å². The molecule has 0 radical (unpaired) electrons. The van der Waals surface area contributed by atoms with Crippen molar-refractivity contribution in [3.63, 3.8) is 0 Å². The summed E-state index contributed by atoms with van der Waals surface area (Å²) in [5.74, 6) is 2.68. The van der Waals surface area contributed by atoms with Crippen LogP contribution >= 0.6 is 0 Å². The fourth-order valence-electron chi connectivity index (χ4n) is 3.84. The van der Waals surface area contributed by atoms with Crippen molar-refractivity contribution in [3.8, 4) is 0 Å². The molecule has 2 aliphatic rings. The first kappa shape index (κ1) is 12.2. The lowest BCUT2D eigenvalue weighted by Gasteiger charge is -2.13. The van der Waals surface area contributed by atoms with Crippen molar-refractivity contribution in [2.75, 3.05) is 0 Å². The Hall–Kier alpha value is -0.820. The van der Waals surface area contributed by atoms with Crippen LogP contribution in [0.1, 0.15) is 50.2 Å². The first-order valence-corrected chi connectivity index (χ1v) is 7.44. The second-order valence-electron chi connectivity index (χ2n) is 6.54. The van der Waals surface area contributed by atoms with E-state index >= 15 is 0 Å². The van der Waals surface area contributed by atoms with Crippen molar-refractivity contribution < 1.29 is 5.11 Å². The zero-order valence-corrected chi connectivity index (χ0v) is 11.5. The molecule has 18 heavy (non-hydrogen) atoms. The average molecular weight is 244 g/mol. The summed E-state index contributed by atoms with van der Waals surface area (Å²) in [6.07, 6.45) is 4.56. The van der Waals surface area contributed by atoms with Crippen molar-refractivity contribution >= 4 is 0 Å². The van der Waals surface area contributed by atoms with Crippen molar-refractivity contribution in [2.45, 2.75) is 51.6 Å². The Bertz CT molecular complexity index is 423. The molecule has 0 saturated heterocycles. The van der Waals surface area contributed by atoms with Gasteiger partial charge in [0.1, 0.15) is 0 Å². The van der Waals surface area contributed by atoms with Crippen LogP contribution in [0.25, 0.3) is 0 Å². The largest absolute Gasteiger partial charge is 0.393 e. The minimum atomic E-state index is -0.0754. The molecule has 0 heterocycles. The van der Waals surface area contributed by atoms with Crippen molar-refractivity contribution in [1.29, 1.82) is 0 Å². The fourth-order valence-corrected chi connectivity index (χ4v) is 3.84. The number of fused-ring (bicyclic) bond motifs is 3. The highest BCUT2D eigenvalue weighted by Crippen LogP contribution is 2.61. The molecule has 1 saturated carbocycles. The predicted octanol–water partition coefficient (Wildman–Crippen LogP) is 3.76. The molecule has 2 aliphatic carbocycles. The van der Waals surface area contributed by atoms with E-state index in [9.17, 15) is 5.11 Å². The van der Waals surface area contributed by atoms with Crippen LogP contribution in [0.4, 0.5) is 0 Å². The number of rotatable bonds is 4. The topological polar surface area (TPSA) is 20.2 Å². The SMILES string of the molecule is CC(C)CCC(O)C1C2CCc3ccccc3C21. The molecular weight excluding hydrogens is 220 g/mol. The molecule has 1 nitrogen and oxygen atoms in total. The summed E-state index contributed by atoms with van der Waals surface area (Å²) in [7, 11) is 0. The minimum absolute atomic E-state index is 0.0754. The number of hydrogen-bond acceptors (Lipinski definition) is 1. The fraction of sp³-hybridized carbons (Fsp3) is 0.647. The van der Waals surface area contributed by atoms with Gasteiger partial charge in [-0.15, -0.1) is 0 Å². The summed E-state index contributed by atoms with van der Waals surface area (Å²) in [5, 5.41) is 10.4. The van der Waals surface area contributed by atoms with Crippen molar-refractivity contribution in [1.82, 2.24) is 0 Å². The monoisotopic (exact) mass is 244 g/mol. The standard InChI is InChI=1S/C17H24O/c1-11(2)7-10-15(18)17-14-9-8-12-5-3-4-6-13(12)16(14)17/h3-6,11,14-18H,7-10H2,1-2H3. The Balaban J connectivity index is 1.69. The van der Waals surface area contributed by atoms with Crippen LogP contribution in [0, 0.1) is 17.8 Å². The lowest BCUT2D eigenvalue weighted by atomic mass is 9.92. The molecule has 4 unspecified atom stereocenters. The minimum Gasteiger partial charge on any atom is -0.393 e. The second-order valence-corrected chi connectivity index (χ2v) is 6.54. The summed E-state index contributed by atoms with van der Waals surface area (Å²) < 4.78 is 0. The molecule has 4 atom stereocenters. The molecule has 1 heteroatoms. The smallest absolute Gasteiger partial charge is 0.0577 e. The molecule has 0 bridgehead atoms. The lowest BCUT2D eigenvalue weighted by molar-refractivity contribution is 0.126. The Labute approximate surface area is 110 Å². The second kappa shape index (κ2) is 4.70. The van der Waals surface area contributed by atoms with Gasteiger partial charge in [0.25, 0.3) is 0 Å². The first-order valence-electron chi connectivity index (χ1n) is 7.44. The molecule has 0 aromatic heterocycles. The van der Waals surface area contributed by atoms with Crippen molar-refractivity contribution in [2.24, 2.45) is 17.8 Å². The quantitative estimate of drug-likeness (QED) is 0.855. The lowest BCUT2D eigenvalue weighted by Crippen LogP contribution is -2.12. The van der Waals surface area contributed by atoms with Gasteiger partial charge in [0.15, 0.2) is 0 Å². The van der Waals surface area contributed by atoms with Gasteiger partial charge in [-0.25, -0.2) is 0 Å². The molecule has 1 fully saturated rings. The third-order valence-corrected chi connectivity index (χ3v) is 4.87. The van der Waals surface area contributed by atoms with Crippen LogP contribution < -0.4 is 0 Å². The van der Waals surface area contributed by atoms with E-state index < -0.39 is 0 Å². The number of aliphatic hydroxyl groups is 1. The molecule has 1 aromatic rings. The molecule has 3 rings (SSSR count). The maximum atomic E-state index is 10.4. The van der Waals surface area contributed by atoms with Gasteiger partial charge in [-0.05, 0) is 60.5 Å². The average Bonchev–Trinajstić information content (AvgIpc) is 3.10. The summed E-state index contributed by atoms with van der Waals surface area (Å²) in [6, 6.07) is 8.84. The number of hydrogen-bond donors (Lipinski definition) is 1. The maximum absolute atomic E-state index is 10.4. The Morgan fingerprint density at radius 1 is 1.22 bits per heavy atom. The van der Waals surface area contributed by atoms with E-state index in [1.54, 1.807) is 0 Å². The molecule has 98 valence electrons. The van der Waals surface area contributed by atoms with Gasteiger partial charge >= 0.3 is 0 Å². The van der Waals surface area contributed by atoms with Crippen LogP contribution in [0.5, 0.6) is 0 Å². The van der Waals surface area contributed by atoms with E-state index in [4.69, 9.17) is 0 Å². The zero-order valence-electron chi connectivity index (χ0n) is 11.5. The van der Waals surface area contributed by atoms with Crippen LogP contribution in [-0.2, 0) is 6.42 Å². The van der Waals surface area contributed by atoms with Gasteiger partial charge in [-0.3, -0.25) is 0 Å². The Morgan fingerprint density at radius 3 is 2.78 bits per heavy atom. The maximum Gasteiger partial charge on any atom is 0.0577 e. The normalized spacial score (nSPS) is 30.8. The summed E-state index contributed by atoms with van der Waals surface area (Å²) in [6.45, 7) is 4.48. The van der Waals surface area contributed by atoms with E-state index in [1.807, 2.05) is 0 Å². The van der Waals surface area contributed by atoms with Gasteiger partial charge in [0.05, 0.1) is 6.10 Å². The molecular formula is C17H24O. The summed E-state index contributed by atoms with van der Waals surface area (Å²) in [4.78, 5) is 0. The highest BCUT2D eigenvalue weighted by molar-refractivity contribution is 5.39. The van der Waals surface area contributed by atoms with Gasteiger partial charge in [0.2, 0.25) is 0 Å². The Kier molecular flexibility index (Phi) is 3.19. The highest BCUT2D eigenvalue weighted by Gasteiger charge is 2.55. The van der Waals surface area contributed by atoms with E-state index in [1.165, 1.54) is 24.0 Å². The van der Waals surface area contributed by atoms with Crippen LogP contribution in [0.15, 0.2) is 24.3 Å². The van der Waals surface area contributed by atoms with E-state index in [0.29, 0.717) is 17.8 Å². The van der Waals surface area contributed by atoms with Gasteiger partial charge in [-0.1, -0.05) is 38.1 Å². The molecule has 1 aromatic carbocycles. The number of aryl methyl sites for hydroxylation is 1. The van der Waals surface area contributed by atoms with E-state index in [-0.39, 0.29) is 6.10 Å². The molecule has 0 amide bonds. The van der Waals surface area contributed by atoms with E-state index in [2.05, 4.69) is 38.1 Å². The Morgan fingerprint density at radius 2 is 2.00 bits per heavy atom. The van der Waals surface area contributed by atoms with E-state index in [0.717, 1.165) is 18.8 Å². The number of benzene rings is 1. The molecule has 1 N–H and O–H groups in total. The summed E-state index contributed by atoms with van der Waals surface area (Å²) >= 11 is 0. The third kappa shape index (κ3) is 2.09. The predicted molar refractivity (Wildman–Crippen MR) is 74.6 cm³/mol. The van der Waals surface area contributed by atoms with Gasteiger partial charge in [-0.2, -0.15) is 0 Å². The van der Waals surface area contributed by atoms with Crippen LogP contribution in [0.2, 0.25) is 0 Å². The molecule has 0 spiro atoms. The first-order chi connectivity index (χ1) is 8.68. The van der Waals surface area contributed by atoms with Gasteiger partial charge in [0, 0.05) is 0 Å². The third-order valence-electron chi connectivity index (χ3n) is 4.87. The van der Waals surface area contributed by atoms with Crippen LogP contribution in [-0.4, -0.2) is 11.2 Å². The molecule has 0 aliphatic heterocycles. The van der Waals surface area contributed by atoms with Gasteiger partial charge < -0.3 is 5.11 Å². The zero-order chi connectivity index (χ0) is 12.7. The highest BCUT2D eigenvalue weighted by atomic mass is 16.3. The number of aliphatic hydroxyl groups excluding tert-OH is 1. The summed E-state index contributed by atoms with van der Waals surface area (Å²) in [5.41, 5.74) is 3.06. The van der Waals surface area contributed by atoms with Crippen molar-refractivity contribution in [3.05, 3.63) is 35.4 Å².